The predicted molar refractivity (Wildman–Crippen MR) is 86.2 cm³/mol. The molecule has 0 aliphatic carbocycles. The summed E-state index contributed by atoms with van der Waals surface area (Å²) in [6.07, 6.45) is 0. The molecule has 0 atom stereocenters. The molecule has 2 aromatic carbocycles. The first-order valence-corrected chi connectivity index (χ1v) is 8.39. The summed E-state index contributed by atoms with van der Waals surface area (Å²) in [4.78, 5) is 0. The number of rotatable bonds is 6. The van der Waals surface area contributed by atoms with E-state index in [1.807, 2.05) is 0 Å². The molecule has 0 saturated carbocycles. The van der Waals surface area contributed by atoms with Crippen LogP contribution in [0.4, 0.5) is 11.4 Å². The molecule has 0 heterocycles. The number of hydrogen-bond donors (Lipinski definition) is 2. The van der Waals surface area contributed by atoms with E-state index in [0.717, 1.165) is 13.1 Å². The minimum absolute atomic E-state index is 0.384. The van der Waals surface area contributed by atoms with Crippen molar-refractivity contribution in [1.82, 2.24) is 0 Å². The van der Waals surface area contributed by atoms with Crippen LogP contribution in [-0.4, -0.2) is 28.0 Å². The fourth-order valence-corrected chi connectivity index (χ4v) is 3.54. The van der Waals surface area contributed by atoms with E-state index in [2.05, 4.69) is 73.0 Å². The second-order valence-electron chi connectivity index (χ2n) is 4.21. The second kappa shape index (κ2) is 7.22. The van der Waals surface area contributed by atoms with Gasteiger partial charge in [0.15, 0.2) is 0 Å². The molecule has 2 nitrogen and oxygen atoms in total. The molecule has 19 heavy (non-hydrogen) atoms. The van der Waals surface area contributed by atoms with Crippen molar-refractivity contribution in [3.05, 3.63) is 48.5 Å². The molecule has 0 bridgehead atoms. The Morgan fingerprint density at radius 3 is 1.37 bits per heavy atom. The van der Waals surface area contributed by atoms with E-state index in [9.17, 15) is 0 Å². The Morgan fingerprint density at radius 2 is 1.05 bits per heavy atom. The number of anilines is 2. The van der Waals surface area contributed by atoms with Crippen LogP contribution < -0.4 is 19.6 Å². The summed E-state index contributed by atoms with van der Waals surface area (Å²) in [6, 6.07) is 17.5. The van der Waals surface area contributed by atoms with E-state index in [-0.39, 0.29) is 0 Å². The Morgan fingerprint density at radius 1 is 0.684 bits per heavy atom. The van der Waals surface area contributed by atoms with Crippen molar-refractivity contribution in [3.63, 3.8) is 0 Å². The third kappa shape index (κ3) is 4.30. The number of hydrogen-bond acceptors (Lipinski definition) is 2. The van der Waals surface area contributed by atoms with Gasteiger partial charge in [-0.3, -0.25) is 0 Å². The molecule has 2 aromatic rings. The molecule has 2 N–H and O–H groups in total. The van der Waals surface area contributed by atoms with Crippen molar-refractivity contribution in [2.24, 2.45) is 0 Å². The van der Waals surface area contributed by atoms with Crippen LogP contribution in [0.2, 0.25) is 0 Å². The SMILES string of the molecule is CCNc1ccc([Se]c2ccc(NCC)cc2)cc1. The standard InChI is InChI=1S/C16H20N2Se/c1-3-17-13-5-9-15(10-6-13)19-16-11-7-14(8-12-16)18-4-2/h5-12,17-18H,3-4H2,1-2H3. The zero-order chi connectivity index (χ0) is 13.5. The molecular weight excluding hydrogens is 299 g/mol. The molecule has 100 valence electrons. The van der Waals surface area contributed by atoms with E-state index in [1.54, 1.807) is 0 Å². The Balaban J connectivity index is 1.99. The van der Waals surface area contributed by atoms with Crippen LogP contribution in [0, 0.1) is 0 Å². The van der Waals surface area contributed by atoms with Gasteiger partial charge >= 0.3 is 121 Å². The monoisotopic (exact) mass is 320 g/mol. The van der Waals surface area contributed by atoms with Crippen LogP contribution in [0.1, 0.15) is 13.8 Å². The van der Waals surface area contributed by atoms with Crippen molar-refractivity contribution in [2.45, 2.75) is 13.8 Å². The molecule has 0 unspecified atom stereocenters. The van der Waals surface area contributed by atoms with Gasteiger partial charge in [-0.15, -0.1) is 0 Å². The van der Waals surface area contributed by atoms with Gasteiger partial charge in [0.1, 0.15) is 0 Å². The molecule has 0 amide bonds. The average Bonchev–Trinajstić information content (AvgIpc) is 2.44. The maximum atomic E-state index is 3.32. The normalized spacial score (nSPS) is 10.2. The van der Waals surface area contributed by atoms with Crippen LogP contribution in [0.5, 0.6) is 0 Å². The first-order valence-electron chi connectivity index (χ1n) is 6.67. The van der Waals surface area contributed by atoms with Crippen LogP contribution in [0.25, 0.3) is 0 Å². The second-order valence-corrected chi connectivity index (χ2v) is 6.62. The zero-order valence-electron chi connectivity index (χ0n) is 11.4. The van der Waals surface area contributed by atoms with Gasteiger partial charge in [0, 0.05) is 0 Å². The van der Waals surface area contributed by atoms with Crippen LogP contribution >= 0.6 is 0 Å². The number of benzene rings is 2. The van der Waals surface area contributed by atoms with Crippen LogP contribution in [0.15, 0.2) is 48.5 Å². The summed E-state index contributed by atoms with van der Waals surface area (Å²) < 4.78 is 2.82. The third-order valence-electron chi connectivity index (χ3n) is 2.71. The van der Waals surface area contributed by atoms with E-state index in [0.29, 0.717) is 15.0 Å². The zero-order valence-corrected chi connectivity index (χ0v) is 13.2. The molecule has 2 rings (SSSR count). The van der Waals surface area contributed by atoms with Crippen molar-refractivity contribution < 1.29 is 0 Å². The quantitative estimate of drug-likeness (QED) is 0.798. The van der Waals surface area contributed by atoms with Gasteiger partial charge in [-0.1, -0.05) is 0 Å². The third-order valence-corrected chi connectivity index (χ3v) is 4.84. The molecule has 3 heteroatoms. The molecule has 0 aromatic heterocycles. The molecule has 0 fully saturated rings. The van der Waals surface area contributed by atoms with Crippen molar-refractivity contribution in [2.75, 3.05) is 23.7 Å². The molecular formula is C16H20N2Se. The first-order chi connectivity index (χ1) is 9.31. The van der Waals surface area contributed by atoms with Gasteiger partial charge in [0.2, 0.25) is 0 Å². The fraction of sp³-hybridized carbons (Fsp3) is 0.250. The van der Waals surface area contributed by atoms with E-state index in [4.69, 9.17) is 0 Å². The molecule has 0 spiro atoms. The van der Waals surface area contributed by atoms with Crippen LogP contribution in [-0.2, 0) is 0 Å². The van der Waals surface area contributed by atoms with Gasteiger partial charge in [0.25, 0.3) is 0 Å². The Bertz CT molecular complexity index is 444. The Kier molecular flexibility index (Phi) is 5.31. The molecule has 0 aliphatic rings. The van der Waals surface area contributed by atoms with Gasteiger partial charge < -0.3 is 0 Å². The summed E-state index contributed by atoms with van der Waals surface area (Å²) in [5.41, 5.74) is 2.40. The first kappa shape index (κ1) is 14.0. The maximum absolute atomic E-state index is 3.32. The molecule has 0 radical (unpaired) electrons. The van der Waals surface area contributed by atoms with Gasteiger partial charge in [0.05, 0.1) is 0 Å². The van der Waals surface area contributed by atoms with Gasteiger partial charge in [-0.2, -0.15) is 0 Å². The van der Waals surface area contributed by atoms with Crippen molar-refractivity contribution in [3.8, 4) is 0 Å². The molecule has 0 saturated heterocycles. The van der Waals surface area contributed by atoms with Crippen molar-refractivity contribution >= 4 is 35.3 Å². The topological polar surface area (TPSA) is 24.1 Å². The molecule has 0 aliphatic heterocycles. The van der Waals surface area contributed by atoms with Gasteiger partial charge in [-0.05, 0) is 0 Å². The fourth-order valence-electron chi connectivity index (χ4n) is 1.83. The minimum atomic E-state index is 0.384. The predicted octanol–water partition coefficient (Wildman–Crippen LogP) is 2.21. The Hall–Kier alpha value is -1.44. The summed E-state index contributed by atoms with van der Waals surface area (Å²) in [5.74, 6) is 0. The summed E-state index contributed by atoms with van der Waals surface area (Å²) >= 11 is 0.384. The Labute approximate surface area is 121 Å². The van der Waals surface area contributed by atoms with Gasteiger partial charge in [-0.25, -0.2) is 0 Å². The van der Waals surface area contributed by atoms with E-state index in [1.165, 1.54) is 20.3 Å². The van der Waals surface area contributed by atoms with E-state index >= 15 is 0 Å². The summed E-state index contributed by atoms with van der Waals surface area (Å²) in [6.45, 7) is 6.17. The van der Waals surface area contributed by atoms with E-state index < -0.39 is 0 Å². The number of nitrogens with one attached hydrogen (secondary N) is 2. The van der Waals surface area contributed by atoms with Crippen molar-refractivity contribution in [1.29, 1.82) is 0 Å². The summed E-state index contributed by atoms with van der Waals surface area (Å²) in [5, 5.41) is 6.64. The average molecular weight is 319 g/mol. The van der Waals surface area contributed by atoms with Crippen LogP contribution in [0.3, 0.4) is 0 Å². The summed E-state index contributed by atoms with van der Waals surface area (Å²) in [7, 11) is 0.